The van der Waals surface area contributed by atoms with Crippen molar-refractivity contribution in [3.05, 3.63) is 35.9 Å². The molecule has 0 aliphatic carbocycles. The number of nitrogens with zero attached hydrogens (tertiary/aromatic N) is 2. The fourth-order valence-electron chi connectivity index (χ4n) is 2.89. The van der Waals surface area contributed by atoms with Gasteiger partial charge in [-0.1, -0.05) is 30.3 Å². The second-order valence-corrected chi connectivity index (χ2v) is 7.61. The van der Waals surface area contributed by atoms with Crippen molar-refractivity contribution >= 4 is 10.2 Å². The van der Waals surface area contributed by atoms with E-state index in [0.717, 1.165) is 5.56 Å². The Hall–Kier alpha value is -0.990. The van der Waals surface area contributed by atoms with Crippen LogP contribution in [-0.2, 0) is 19.7 Å². The van der Waals surface area contributed by atoms with Crippen molar-refractivity contribution < 1.29 is 17.9 Å². The molecule has 6 nitrogen and oxygen atoms in total. The summed E-state index contributed by atoms with van der Waals surface area (Å²) >= 11 is 0. The van der Waals surface area contributed by atoms with Gasteiger partial charge in [0.1, 0.15) is 0 Å². The predicted molar refractivity (Wildman–Crippen MR) is 82.6 cm³/mol. The SMILES string of the molecule is C[C@@H]1CN(S(=O)(=O)N2CCOCC2)C[C@H](c2ccccc2)O1. The molecule has 1 aromatic rings. The highest BCUT2D eigenvalue weighted by Crippen LogP contribution is 2.27. The molecule has 0 aromatic heterocycles. The van der Waals surface area contributed by atoms with E-state index in [-0.39, 0.29) is 12.2 Å². The standard InChI is InChI=1S/C15H22N2O4S/c1-13-11-17(22(18,19)16-7-9-20-10-8-16)12-15(21-13)14-5-3-2-4-6-14/h2-6,13,15H,7-12H2,1H3/t13-,15-/m1/s1. The lowest BCUT2D eigenvalue weighted by molar-refractivity contribution is -0.0577. The van der Waals surface area contributed by atoms with Gasteiger partial charge in [-0.2, -0.15) is 17.0 Å². The molecule has 0 radical (unpaired) electrons. The Labute approximate surface area is 131 Å². The third-order valence-electron chi connectivity index (χ3n) is 4.02. The molecule has 22 heavy (non-hydrogen) atoms. The molecule has 0 saturated carbocycles. The summed E-state index contributed by atoms with van der Waals surface area (Å²) in [6.07, 6.45) is -0.351. The summed E-state index contributed by atoms with van der Waals surface area (Å²) in [6.45, 7) is 4.42. The van der Waals surface area contributed by atoms with E-state index in [0.29, 0.717) is 39.4 Å². The number of rotatable bonds is 3. The molecule has 0 unspecified atom stereocenters. The Kier molecular flexibility index (Phi) is 4.79. The topological polar surface area (TPSA) is 59.1 Å². The Balaban J connectivity index is 1.78. The average molecular weight is 326 g/mol. The van der Waals surface area contributed by atoms with Crippen molar-refractivity contribution in [3.8, 4) is 0 Å². The van der Waals surface area contributed by atoms with Gasteiger partial charge in [0.15, 0.2) is 0 Å². The summed E-state index contributed by atoms with van der Waals surface area (Å²) in [4.78, 5) is 0. The predicted octanol–water partition coefficient (Wildman–Crippen LogP) is 1.03. The first-order valence-electron chi connectivity index (χ1n) is 7.61. The minimum atomic E-state index is -3.45. The third-order valence-corrected chi connectivity index (χ3v) is 5.99. The fraction of sp³-hybridized carbons (Fsp3) is 0.600. The zero-order chi connectivity index (χ0) is 15.6. The molecule has 2 fully saturated rings. The van der Waals surface area contributed by atoms with Crippen LogP contribution >= 0.6 is 0 Å². The Morgan fingerprint density at radius 1 is 1.05 bits per heavy atom. The van der Waals surface area contributed by atoms with Gasteiger partial charge in [0.2, 0.25) is 0 Å². The molecule has 3 rings (SSSR count). The fourth-order valence-corrected chi connectivity index (χ4v) is 4.55. The van der Waals surface area contributed by atoms with Gasteiger partial charge < -0.3 is 9.47 Å². The van der Waals surface area contributed by atoms with E-state index in [2.05, 4.69) is 0 Å². The molecule has 2 atom stereocenters. The van der Waals surface area contributed by atoms with Gasteiger partial charge in [-0.25, -0.2) is 0 Å². The zero-order valence-electron chi connectivity index (χ0n) is 12.7. The van der Waals surface area contributed by atoms with Crippen LogP contribution in [-0.4, -0.2) is 62.5 Å². The Bertz CT molecular complexity index is 587. The second kappa shape index (κ2) is 6.64. The summed E-state index contributed by atoms with van der Waals surface area (Å²) < 4.78 is 39.8. The molecule has 0 bridgehead atoms. The van der Waals surface area contributed by atoms with Crippen molar-refractivity contribution in [2.75, 3.05) is 39.4 Å². The van der Waals surface area contributed by atoms with Gasteiger partial charge >= 0.3 is 0 Å². The van der Waals surface area contributed by atoms with Crippen LogP contribution < -0.4 is 0 Å². The molecule has 2 aliphatic rings. The minimum absolute atomic E-state index is 0.130. The maximum absolute atomic E-state index is 12.8. The molecule has 122 valence electrons. The number of hydrogen-bond donors (Lipinski definition) is 0. The first-order valence-corrected chi connectivity index (χ1v) is 9.00. The molecule has 1 aromatic carbocycles. The average Bonchev–Trinajstić information content (AvgIpc) is 2.56. The number of benzene rings is 1. The molecule has 0 spiro atoms. The molecule has 2 heterocycles. The van der Waals surface area contributed by atoms with Gasteiger partial charge in [-0.15, -0.1) is 0 Å². The molecule has 0 amide bonds. The van der Waals surface area contributed by atoms with Crippen molar-refractivity contribution in [3.63, 3.8) is 0 Å². The van der Waals surface area contributed by atoms with E-state index < -0.39 is 10.2 Å². The van der Waals surface area contributed by atoms with Crippen LogP contribution in [0.15, 0.2) is 30.3 Å². The quantitative estimate of drug-likeness (QED) is 0.832. The van der Waals surface area contributed by atoms with Gasteiger partial charge in [0.25, 0.3) is 10.2 Å². The van der Waals surface area contributed by atoms with Crippen LogP contribution in [0.2, 0.25) is 0 Å². The van der Waals surface area contributed by atoms with Crippen molar-refractivity contribution in [1.29, 1.82) is 0 Å². The van der Waals surface area contributed by atoms with Crippen LogP contribution in [0, 0.1) is 0 Å². The van der Waals surface area contributed by atoms with E-state index in [9.17, 15) is 8.42 Å². The van der Waals surface area contributed by atoms with Crippen LogP contribution in [0.4, 0.5) is 0 Å². The molecule has 0 N–H and O–H groups in total. The van der Waals surface area contributed by atoms with Crippen LogP contribution in [0.5, 0.6) is 0 Å². The monoisotopic (exact) mass is 326 g/mol. The van der Waals surface area contributed by atoms with Crippen molar-refractivity contribution in [2.24, 2.45) is 0 Å². The maximum Gasteiger partial charge on any atom is 0.282 e. The van der Waals surface area contributed by atoms with E-state index in [4.69, 9.17) is 9.47 Å². The van der Waals surface area contributed by atoms with Crippen molar-refractivity contribution in [2.45, 2.75) is 19.1 Å². The molecule has 2 saturated heterocycles. The van der Waals surface area contributed by atoms with Crippen LogP contribution in [0.25, 0.3) is 0 Å². The molecule has 2 aliphatic heterocycles. The van der Waals surface area contributed by atoms with E-state index in [1.165, 1.54) is 4.31 Å². The lowest BCUT2D eigenvalue weighted by atomic mass is 10.1. The number of ether oxygens (including phenoxy) is 2. The Morgan fingerprint density at radius 2 is 1.73 bits per heavy atom. The maximum atomic E-state index is 12.8. The lowest BCUT2D eigenvalue weighted by Gasteiger charge is -2.39. The van der Waals surface area contributed by atoms with Crippen molar-refractivity contribution in [1.82, 2.24) is 8.61 Å². The van der Waals surface area contributed by atoms with E-state index in [1.807, 2.05) is 37.3 Å². The first kappa shape index (κ1) is 15.9. The Morgan fingerprint density at radius 3 is 2.41 bits per heavy atom. The van der Waals surface area contributed by atoms with Crippen LogP contribution in [0.1, 0.15) is 18.6 Å². The zero-order valence-corrected chi connectivity index (χ0v) is 13.5. The number of morpholine rings is 2. The summed E-state index contributed by atoms with van der Waals surface area (Å²) in [5.41, 5.74) is 1.01. The molecule has 7 heteroatoms. The summed E-state index contributed by atoms with van der Waals surface area (Å²) in [6, 6.07) is 9.78. The first-order chi connectivity index (χ1) is 10.6. The minimum Gasteiger partial charge on any atom is -0.379 e. The van der Waals surface area contributed by atoms with E-state index >= 15 is 0 Å². The normalized spacial score (nSPS) is 28.6. The summed E-state index contributed by atoms with van der Waals surface area (Å²) in [5.74, 6) is 0. The number of hydrogen-bond acceptors (Lipinski definition) is 4. The van der Waals surface area contributed by atoms with Gasteiger partial charge in [0.05, 0.1) is 25.4 Å². The van der Waals surface area contributed by atoms with E-state index in [1.54, 1.807) is 4.31 Å². The largest absolute Gasteiger partial charge is 0.379 e. The van der Waals surface area contributed by atoms with Crippen LogP contribution in [0.3, 0.4) is 0 Å². The van der Waals surface area contributed by atoms with Gasteiger partial charge in [-0.05, 0) is 12.5 Å². The second-order valence-electron chi connectivity index (χ2n) is 5.68. The highest BCUT2D eigenvalue weighted by molar-refractivity contribution is 7.86. The molecular formula is C15H22N2O4S. The summed E-state index contributed by atoms with van der Waals surface area (Å²) in [7, 11) is -3.45. The third kappa shape index (κ3) is 3.33. The molecular weight excluding hydrogens is 304 g/mol. The highest BCUT2D eigenvalue weighted by atomic mass is 32.2. The highest BCUT2D eigenvalue weighted by Gasteiger charge is 2.37. The van der Waals surface area contributed by atoms with Gasteiger partial charge in [-0.3, -0.25) is 0 Å². The smallest absolute Gasteiger partial charge is 0.282 e. The summed E-state index contributed by atoms with van der Waals surface area (Å²) in [5, 5.41) is 0. The van der Waals surface area contributed by atoms with Gasteiger partial charge in [0, 0.05) is 26.2 Å². The lowest BCUT2D eigenvalue weighted by Crippen LogP contribution is -2.53.